The van der Waals surface area contributed by atoms with Crippen LogP contribution in [0.25, 0.3) is 0 Å². The van der Waals surface area contributed by atoms with Gasteiger partial charge in [0.2, 0.25) is 9.84 Å². The number of esters is 1. The first-order valence-corrected chi connectivity index (χ1v) is 11.0. The Bertz CT molecular complexity index is 972. The fourth-order valence-electron chi connectivity index (χ4n) is 1.85. The summed E-state index contributed by atoms with van der Waals surface area (Å²) in [6, 6.07) is 3.28. The molecule has 0 fully saturated rings. The van der Waals surface area contributed by atoms with Gasteiger partial charge < -0.3 is 4.74 Å². The number of thiophene rings is 1. The van der Waals surface area contributed by atoms with Gasteiger partial charge in [-0.25, -0.2) is 13.2 Å². The van der Waals surface area contributed by atoms with Gasteiger partial charge in [-0.3, -0.25) is 10.1 Å². The maximum absolute atomic E-state index is 12.9. The highest BCUT2D eigenvalue weighted by molar-refractivity contribution is 9.10. The van der Waals surface area contributed by atoms with Crippen LogP contribution in [-0.4, -0.2) is 32.7 Å². The number of carbonyl (C=O) groups excluding carboxylic acids is 1. The average Bonchev–Trinajstić information content (AvgIpc) is 3.01. The van der Waals surface area contributed by atoms with E-state index in [2.05, 4.69) is 20.7 Å². The summed E-state index contributed by atoms with van der Waals surface area (Å²) in [4.78, 5) is 21.7. The molecule has 2 rings (SSSR count). The van der Waals surface area contributed by atoms with Gasteiger partial charge in [-0.15, -0.1) is 23.1 Å². The van der Waals surface area contributed by atoms with Crippen LogP contribution in [0.1, 0.15) is 9.67 Å². The van der Waals surface area contributed by atoms with Crippen LogP contribution in [0.2, 0.25) is 5.02 Å². The Kier molecular flexibility index (Phi) is 6.15. The van der Waals surface area contributed by atoms with E-state index < -0.39 is 26.4 Å². The van der Waals surface area contributed by atoms with Crippen molar-refractivity contribution < 1.29 is 22.9 Å². The molecule has 12 heteroatoms. The van der Waals surface area contributed by atoms with Crippen LogP contribution in [0.15, 0.2) is 36.7 Å². The molecule has 1 aromatic carbocycles. The standard InChI is InChI=1S/C13H9BrClNO6S3/c1-22-12(17)9-5-10(13(23-2)24-9)25(20,21)6-3-7(14)11(15)8(4-6)16(18)19/h3-5H,1-2H3. The molecule has 0 unspecified atom stereocenters. The molecular formula is C13H9BrClNO6S3. The quantitative estimate of drug-likeness (QED) is 0.267. The molecule has 0 amide bonds. The highest BCUT2D eigenvalue weighted by atomic mass is 79.9. The SMILES string of the molecule is COC(=O)c1cc(S(=O)(=O)c2cc(Br)c(Cl)c([N+](=O)[O-])c2)c(SC)s1. The number of benzene rings is 1. The fraction of sp³-hybridized carbons (Fsp3) is 0.154. The van der Waals surface area contributed by atoms with Gasteiger partial charge in [-0.2, -0.15) is 0 Å². The minimum atomic E-state index is -4.11. The number of hydrogen-bond acceptors (Lipinski definition) is 8. The fourth-order valence-corrected chi connectivity index (χ4v) is 6.59. The van der Waals surface area contributed by atoms with E-state index >= 15 is 0 Å². The molecule has 0 spiro atoms. The van der Waals surface area contributed by atoms with Crippen molar-refractivity contribution in [2.24, 2.45) is 0 Å². The number of nitro groups is 1. The van der Waals surface area contributed by atoms with E-state index in [1.165, 1.54) is 19.2 Å². The van der Waals surface area contributed by atoms with Crippen LogP contribution in [0.4, 0.5) is 5.69 Å². The second-order valence-electron chi connectivity index (χ2n) is 4.46. The first-order valence-electron chi connectivity index (χ1n) is 6.28. The lowest BCUT2D eigenvalue weighted by molar-refractivity contribution is -0.385. The summed E-state index contributed by atoms with van der Waals surface area (Å²) in [7, 11) is -2.92. The van der Waals surface area contributed by atoms with Gasteiger partial charge in [0.1, 0.15) is 9.90 Å². The van der Waals surface area contributed by atoms with Crippen molar-refractivity contribution in [2.45, 2.75) is 14.0 Å². The van der Waals surface area contributed by atoms with Crippen molar-refractivity contribution in [2.75, 3.05) is 13.4 Å². The molecular weight excluding hydrogens is 478 g/mol. The summed E-state index contributed by atoms with van der Waals surface area (Å²) in [5.74, 6) is -0.662. The number of halogens is 2. The summed E-state index contributed by atoms with van der Waals surface area (Å²) in [6.45, 7) is 0. The first kappa shape index (κ1) is 20.2. The Morgan fingerprint density at radius 2 is 2.04 bits per heavy atom. The van der Waals surface area contributed by atoms with E-state index in [1.54, 1.807) is 6.26 Å². The van der Waals surface area contributed by atoms with Gasteiger partial charge in [-0.1, -0.05) is 11.6 Å². The van der Waals surface area contributed by atoms with Gasteiger partial charge in [0.15, 0.2) is 0 Å². The van der Waals surface area contributed by atoms with E-state index in [0.717, 1.165) is 29.2 Å². The van der Waals surface area contributed by atoms with E-state index in [0.29, 0.717) is 4.21 Å². The van der Waals surface area contributed by atoms with Crippen molar-refractivity contribution in [3.63, 3.8) is 0 Å². The van der Waals surface area contributed by atoms with Crippen molar-refractivity contribution in [1.29, 1.82) is 0 Å². The molecule has 0 N–H and O–H groups in total. The molecule has 0 aliphatic heterocycles. The number of methoxy groups -OCH3 is 1. The molecule has 0 aliphatic rings. The van der Waals surface area contributed by atoms with Gasteiger partial charge in [0.25, 0.3) is 5.69 Å². The monoisotopic (exact) mass is 485 g/mol. The molecule has 1 heterocycles. The van der Waals surface area contributed by atoms with Crippen LogP contribution in [0.3, 0.4) is 0 Å². The maximum atomic E-state index is 12.9. The third kappa shape index (κ3) is 3.85. The minimum absolute atomic E-state index is 0.0797. The van der Waals surface area contributed by atoms with Crippen LogP contribution in [-0.2, 0) is 14.6 Å². The Balaban J connectivity index is 2.70. The number of nitro benzene ring substituents is 1. The third-order valence-electron chi connectivity index (χ3n) is 3.02. The zero-order valence-corrected chi connectivity index (χ0v) is 17.4. The summed E-state index contributed by atoms with van der Waals surface area (Å²) in [5, 5.41) is 10.9. The Hall–Kier alpha value is -1.14. The molecule has 1 aromatic heterocycles. The Morgan fingerprint density at radius 3 is 2.56 bits per heavy atom. The number of hydrogen-bond donors (Lipinski definition) is 0. The largest absolute Gasteiger partial charge is 0.465 e. The lowest BCUT2D eigenvalue weighted by Crippen LogP contribution is -2.04. The highest BCUT2D eigenvalue weighted by Crippen LogP contribution is 2.40. The predicted octanol–water partition coefficient (Wildman–Crippen LogP) is 4.41. The molecule has 0 atom stereocenters. The number of ether oxygens (including phenoxy) is 1. The van der Waals surface area contributed by atoms with E-state index in [9.17, 15) is 23.3 Å². The third-order valence-corrected chi connectivity index (χ3v) is 8.53. The minimum Gasteiger partial charge on any atom is -0.465 e. The molecule has 0 aliphatic carbocycles. The van der Waals surface area contributed by atoms with Gasteiger partial charge in [0.05, 0.1) is 26.0 Å². The lowest BCUT2D eigenvalue weighted by atomic mass is 10.3. The van der Waals surface area contributed by atoms with Gasteiger partial charge >= 0.3 is 5.97 Å². The molecule has 134 valence electrons. The molecule has 0 bridgehead atoms. The van der Waals surface area contributed by atoms with Crippen molar-refractivity contribution in [1.82, 2.24) is 0 Å². The second kappa shape index (κ2) is 7.62. The summed E-state index contributed by atoms with van der Waals surface area (Å²) >= 11 is 11.0. The van der Waals surface area contributed by atoms with E-state index in [4.69, 9.17) is 11.6 Å². The normalized spacial score (nSPS) is 11.4. The molecule has 0 saturated heterocycles. The summed E-state index contributed by atoms with van der Waals surface area (Å²) in [5.41, 5.74) is -0.538. The average molecular weight is 487 g/mol. The molecule has 7 nitrogen and oxygen atoms in total. The van der Waals surface area contributed by atoms with Crippen LogP contribution in [0.5, 0.6) is 0 Å². The second-order valence-corrected chi connectivity index (χ2v) is 9.73. The van der Waals surface area contributed by atoms with E-state index in [-0.39, 0.29) is 24.2 Å². The van der Waals surface area contributed by atoms with Crippen molar-refractivity contribution in [3.8, 4) is 0 Å². The molecule has 0 radical (unpaired) electrons. The summed E-state index contributed by atoms with van der Waals surface area (Å²) in [6.07, 6.45) is 1.66. The zero-order chi connectivity index (χ0) is 18.9. The maximum Gasteiger partial charge on any atom is 0.348 e. The first-order chi connectivity index (χ1) is 11.6. The molecule has 25 heavy (non-hydrogen) atoms. The number of rotatable bonds is 5. The zero-order valence-electron chi connectivity index (χ0n) is 12.6. The number of nitrogens with zero attached hydrogens (tertiary/aromatic N) is 1. The Morgan fingerprint density at radius 1 is 1.40 bits per heavy atom. The van der Waals surface area contributed by atoms with Crippen molar-refractivity contribution >= 4 is 72.1 Å². The summed E-state index contributed by atoms with van der Waals surface area (Å²) < 4.78 is 30.9. The van der Waals surface area contributed by atoms with Crippen LogP contribution < -0.4 is 0 Å². The van der Waals surface area contributed by atoms with Crippen LogP contribution in [0, 0.1) is 10.1 Å². The molecule has 0 saturated carbocycles. The lowest BCUT2D eigenvalue weighted by Gasteiger charge is -2.07. The number of thioether (sulfide) groups is 1. The van der Waals surface area contributed by atoms with Gasteiger partial charge in [0, 0.05) is 10.5 Å². The number of sulfone groups is 1. The Labute approximate surface area is 164 Å². The topological polar surface area (TPSA) is 104 Å². The predicted molar refractivity (Wildman–Crippen MR) is 98.7 cm³/mol. The van der Waals surface area contributed by atoms with Crippen LogP contribution >= 0.6 is 50.6 Å². The molecule has 2 aromatic rings. The van der Waals surface area contributed by atoms with Crippen molar-refractivity contribution in [3.05, 3.63) is 42.7 Å². The highest BCUT2D eigenvalue weighted by Gasteiger charge is 2.29. The smallest absolute Gasteiger partial charge is 0.348 e. The van der Waals surface area contributed by atoms with Gasteiger partial charge in [-0.05, 0) is 34.3 Å². The van der Waals surface area contributed by atoms with E-state index in [1.807, 2.05) is 0 Å². The number of carbonyl (C=O) groups is 1.